The van der Waals surface area contributed by atoms with Crippen molar-refractivity contribution < 1.29 is 38.1 Å². The summed E-state index contributed by atoms with van der Waals surface area (Å²) in [6.45, 7) is -3.89. The molecule has 0 rings (SSSR count). The van der Waals surface area contributed by atoms with Gasteiger partial charge in [-0.05, 0) is 0 Å². The van der Waals surface area contributed by atoms with Gasteiger partial charge in [0.25, 0.3) is 0 Å². The smallest absolute Gasteiger partial charge is 0.460 e. The molecule has 84 valence electrons. The number of quaternary nitrogens is 1. The first-order valence-electron chi connectivity index (χ1n) is 3.57. The van der Waals surface area contributed by atoms with Crippen molar-refractivity contribution in [3.8, 4) is 0 Å². The highest BCUT2D eigenvalue weighted by Gasteiger charge is 2.60. The van der Waals surface area contributed by atoms with E-state index in [0.717, 1.165) is 7.11 Å². The topological polar surface area (TPSA) is 87.0 Å². The highest BCUT2D eigenvalue weighted by atomic mass is 19.3. The van der Waals surface area contributed by atoms with Crippen molar-refractivity contribution in [3.05, 3.63) is 0 Å². The molecule has 0 aliphatic rings. The Morgan fingerprint density at radius 1 is 1.29 bits per heavy atom. The van der Waals surface area contributed by atoms with Crippen LogP contribution in [-0.2, 0) is 9.53 Å². The zero-order valence-electron chi connectivity index (χ0n) is 7.48. The second kappa shape index (κ2) is 4.60. The van der Waals surface area contributed by atoms with Gasteiger partial charge in [0.2, 0.25) is 0 Å². The number of halogens is 2. The molecule has 3 N–H and O–H groups in total. The molecule has 8 heteroatoms. The molecule has 0 bridgehead atoms. The van der Waals surface area contributed by atoms with E-state index >= 15 is 0 Å². The van der Waals surface area contributed by atoms with Crippen molar-refractivity contribution in [2.24, 2.45) is 0 Å². The van der Waals surface area contributed by atoms with Crippen molar-refractivity contribution in [3.63, 3.8) is 0 Å². The van der Waals surface area contributed by atoms with Crippen LogP contribution in [0.5, 0.6) is 0 Å². The third-order valence-electron chi connectivity index (χ3n) is 1.84. The van der Waals surface area contributed by atoms with Crippen LogP contribution in [0.2, 0.25) is 0 Å². The van der Waals surface area contributed by atoms with Gasteiger partial charge in [0, 0.05) is 0 Å². The van der Waals surface area contributed by atoms with E-state index in [-0.39, 0.29) is 0 Å². The molecule has 0 heterocycles. The van der Waals surface area contributed by atoms with E-state index in [4.69, 9.17) is 15.3 Å². The van der Waals surface area contributed by atoms with Gasteiger partial charge in [-0.3, -0.25) is 0 Å². The monoisotopic (exact) mass is 216 g/mol. The Morgan fingerprint density at radius 2 is 1.64 bits per heavy atom. The minimum Gasteiger partial charge on any atom is -0.460 e. The maximum absolute atomic E-state index is 13.2. The van der Waals surface area contributed by atoms with Crippen molar-refractivity contribution in [2.75, 3.05) is 27.3 Å². The number of carbonyl (C=O) groups excluding carboxylic acids is 1. The molecule has 0 unspecified atom stereocenters. The summed E-state index contributed by atoms with van der Waals surface area (Å²) in [5.74, 6) is -1.94. The van der Waals surface area contributed by atoms with Gasteiger partial charge in [-0.1, -0.05) is 0 Å². The lowest BCUT2D eigenvalue weighted by atomic mass is 10.4. The Balaban J connectivity index is 5.07. The second-order valence-electron chi connectivity index (χ2n) is 2.60. The van der Waals surface area contributed by atoms with Crippen LogP contribution in [0.1, 0.15) is 0 Å². The molecule has 0 fully saturated rings. The molecule has 0 atom stereocenters. The highest BCUT2D eigenvalue weighted by Crippen LogP contribution is 2.28. The largest absolute Gasteiger partial charge is 0.497 e. The van der Waals surface area contributed by atoms with Gasteiger partial charge in [-0.25, -0.2) is 4.79 Å². The number of esters is 1. The zero-order chi connectivity index (χ0) is 11.4. The number of aliphatic hydroxyl groups is 3. The lowest BCUT2D eigenvalue weighted by Crippen LogP contribution is -2.65. The average Bonchev–Trinajstić information content (AvgIpc) is 2.19. The normalized spacial score (nSPS) is 12.7. The van der Waals surface area contributed by atoms with E-state index in [2.05, 4.69) is 4.74 Å². The molecule has 0 spiro atoms. The Bertz CT molecular complexity index is 198. The van der Waals surface area contributed by atoms with E-state index in [1.54, 1.807) is 0 Å². The van der Waals surface area contributed by atoms with Crippen LogP contribution in [0.15, 0.2) is 0 Å². The Morgan fingerprint density at radius 3 is 1.86 bits per heavy atom. The van der Waals surface area contributed by atoms with Gasteiger partial charge in [-0.2, -0.15) is 4.48 Å². The number of carbonyl (C=O) groups is 1. The molecule has 0 aliphatic carbocycles. The van der Waals surface area contributed by atoms with Gasteiger partial charge in [-0.15, -0.1) is 8.78 Å². The third kappa shape index (κ3) is 1.82. The Labute approximate surface area is 78.5 Å². The summed E-state index contributed by atoms with van der Waals surface area (Å²) in [5.41, 5.74) is 0. The summed E-state index contributed by atoms with van der Waals surface area (Å²) in [6, 6.07) is -4.20. The van der Waals surface area contributed by atoms with Gasteiger partial charge in [0.1, 0.15) is 0 Å². The van der Waals surface area contributed by atoms with Gasteiger partial charge in [0.05, 0.1) is 7.11 Å². The molecule has 0 amide bonds. The molecule has 0 aliphatic heterocycles. The van der Waals surface area contributed by atoms with E-state index < -0.39 is 36.7 Å². The van der Waals surface area contributed by atoms with Crippen LogP contribution in [0.25, 0.3) is 0 Å². The number of hydrogen-bond donors (Lipinski definition) is 3. The molecule has 14 heavy (non-hydrogen) atoms. The summed E-state index contributed by atoms with van der Waals surface area (Å²) in [4.78, 5) is 10.6. The lowest BCUT2D eigenvalue weighted by Gasteiger charge is -2.35. The van der Waals surface area contributed by atoms with Gasteiger partial charge in [0.15, 0.2) is 20.2 Å². The lowest BCUT2D eigenvalue weighted by molar-refractivity contribution is -1.04. The van der Waals surface area contributed by atoms with E-state index in [0.29, 0.717) is 0 Å². The molecule has 0 radical (unpaired) electrons. The Kier molecular flexibility index (Phi) is 4.33. The molecule has 0 saturated heterocycles. The number of alkyl halides is 2. The first-order valence-corrected chi connectivity index (χ1v) is 3.57. The summed E-state index contributed by atoms with van der Waals surface area (Å²) in [7, 11) is 0.733. The van der Waals surface area contributed by atoms with Crippen LogP contribution in [-0.4, -0.2) is 59.1 Å². The maximum Gasteiger partial charge on any atom is 0.497 e. The first-order chi connectivity index (χ1) is 6.41. The predicted octanol–water partition coefficient (Wildman–Crippen LogP) is -1.58. The van der Waals surface area contributed by atoms with Crippen LogP contribution < -0.4 is 0 Å². The zero-order valence-corrected chi connectivity index (χ0v) is 7.48. The summed E-state index contributed by atoms with van der Waals surface area (Å²) in [6.07, 6.45) is 0. The minimum atomic E-state index is -4.20. The highest BCUT2D eigenvalue weighted by molar-refractivity contribution is 5.75. The van der Waals surface area contributed by atoms with Gasteiger partial charge >= 0.3 is 12.0 Å². The van der Waals surface area contributed by atoms with Crippen molar-refractivity contribution in [2.45, 2.75) is 6.05 Å². The van der Waals surface area contributed by atoms with Gasteiger partial charge < -0.3 is 20.1 Å². The van der Waals surface area contributed by atoms with E-state index in [9.17, 15) is 13.6 Å². The van der Waals surface area contributed by atoms with Crippen LogP contribution in [0.4, 0.5) is 8.78 Å². The predicted molar refractivity (Wildman–Crippen MR) is 38.5 cm³/mol. The fourth-order valence-electron chi connectivity index (χ4n) is 0.717. The molecular weight excluding hydrogens is 204 g/mol. The molecule has 0 aromatic carbocycles. The standard InChI is InChI=1S/C6H12F2NO5/c1-14-5(13)6(7,8)9(2-10,3-11)4-12/h10-12H,2-4H2,1H3/q+1. The van der Waals surface area contributed by atoms with E-state index in [1.807, 2.05) is 0 Å². The van der Waals surface area contributed by atoms with Crippen molar-refractivity contribution in [1.82, 2.24) is 0 Å². The second-order valence-corrected chi connectivity index (χ2v) is 2.60. The number of ether oxygens (including phenoxy) is 1. The molecule has 0 aromatic heterocycles. The number of methoxy groups -OCH3 is 1. The fraction of sp³-hybridized carbons (Fsp3) is 0.833. The molecule has 6 nitrogen and oxygen atoms in total. The van der Waals surface area contributed by atoms with Crippen molar-refractivity contribution in [1.29, 1.82) is 0 Å². The van der Waals surface area contributed by atoms with E-state index in [1.165, 1.54) is 0 Å². The molecular formula is C6H12F2NO5+. The van der Waals surface area contributed by atoms with Crippen molar-refractivity contribution >= 4 is 5.97 Å². The number of aliphatic hydroxyl groups excluding tert-OH is 3. The molecule has 0 aromatic rings. The summed E-state index contributed by atoms with van der Waals surface area (Å²) < 4.78 is 28.2. The number of nitrogens with zero attached hydrogens (tertiary/aromatic N) is 1. The maximum atomic E-state index is 13.2. The van der Waals surface area contributed by atoms with Crippen LogP contribution >= 0.6 is 0 Å². The quantitative estimate of drug-likeness (QED) is 0.223. The third-order valence-corrected chi connectivity index (χ3v) is 1.84. The molecule has 0 saturated carbocycles. The average molecular weight is 216 g/mol. The SMILES string of the molecule is COC(=O)C(F)(F)[N+](CO)(CO)CO. The fourth-order valence-corrected chi connectivity index (χ4v) is 0.717. The minimum absolute atomic E-state index is 0.733. The number of rotatable bonds is 5. The Hall–Kier alpha value is -0.830. The van der Waals surface area contributed by atoms with Crippen LogP contribution in [0.3, 0.4) is 0 Å². The van der Waals surface area contributed by atoms with Crippen LogP contribution in [0, 0.1) is 0 Å². The summed E-state index contributed by atoms with van der Waals surface area (Å²) >= 11 is 0. The first kappa shape index (κ1) is 13.2. The number of hydrogen-bond acceptors (Lipinski definition) is 5. The summed E-state index contributed by atoms with van der Waals surface area (Å²) in [5, 5.41) is 25.9.